The van der Waals surface area contributed by atoms with Crippen molar-refractivity contribution in [2.75, 3.05) is 20.8 Å². The summed E-state index contributed by atoms with van der Waals surface area (Å²) in [5.41, 5.74) is 0.478. The third-order valence-electron chi connectivity index (χ3n) is 4.98. The molecule has 0 amide bonds. The van der Waals surface area contributed by atoms with Crippen LogP contribution in [0.15, 0.2) is 52.4 Å². The molecule has 0 radical (unpaired) electrons. The van der Waals surface area contributed by atoms with Crippen LogP contribution in [0.4, 0.5) is 0 Å². The Kier molecular flexibility index (Phi) is 5.79. The predicted octanol–water partition coefficient (Wildman–Crippen LogP) is 1.44. The molecule has 2 aromatic heterocycles. The molecule has 1 aromatic carbocycles. The zero-order valence-corrected chi connectivity index (χ0v) is 18.0. The molecule has 1 aliphatic carbocycles. The molecule has 1 fully saturated rings. The van der Waals surface area contributed by atoms with E-state index in [1.54, 1.807) is 29.1 Å². The molecule has 0 unspecified atom stereocenters. The second-order valence-electron chi connectivity index (χ2n) is 7.09. The number of ether oxygens (including phenoxy) is 2. The molecule has 1 aliphatic rings. The molecule has 10 nitrogen and oxygen atoms in total. The van der Waals surface area contributed by atoms with Crippen molar-refractivity contribution in [2.24, 2.45) is 0 Å². The van der Waals surface area contributed by atoms with Crippen LogP contribution in [0.2, 0.25) is 0 Å². The van der Waals surface area contributed by atoms with Gasteiger partial charge in [0, 0.05) is 36.6 Å². The van der Waals surface area contributed by atoms with Crippen molar-refractivity contribution in [3.8, 4) is 22.9 Å². The third kappa shape index (κ3) is 4.32. The number of hydrogen-bond acceptors (Lipinski definition) is 7. The summed E-state index contributed by atoms with van der Waals surface area (Å²) in [7, 11) is -1.05. The second kappa shape index (κ2) is 8.52. The number of pyridine rings is 1. The number of methoxy groups -OCH3 is 2. The number of aromatic nitrogens is 4. The molecule has 4 rings (SSSR count). The molecule has 0 spiro atoms. The summed E-state index contributed by atoms with van der Waals surface area (Å²) in [6.07, 6.45) is 5.15. The van der Waals surface area contributed by atoms with E-state index in [1.807, 2.05) is 6.07 Å². The van der Waals surface area contributed by atoms with Gasteiger partial charge >= 0.3 is 5.69 Å². The molecule has 0 atom stereocenters. The number of nitrogens with zero attached hydrogens (tertiary/aromatic N) is 4. The van der Waals surface area contributed by atoms with E-state index in [2.05, 4.69) is 14.8 Å². The first-order valence-electron chi connectivity index (χ1n) is 9.76. The van der Waals surface area contributed by atoms with Crippen LogP contribution in [0.25, 0.3) is 11.4 Å². The first-order valence-corrected chi connectivity index (χ1v) is 11.2. The molecule has 0 saturated heterocycles. The lowest BCUT2D eigenvalue weighted by molar-refractivity contribution is 0.392. The lowest BCUT2D eigenvalue weighted by Gasteiger charge is -2.12. The first-order chi connectivity index (χ1) is 14.9. The summed E-state index contributed by atoms with van der Waals surface area (Å²) in [5.74, 6) is 1.13. The van der Waals surface area contributed by atoms with Gasteiger partial charge in [0.25, 0.3) is 0 Å². The van der Waals surface area contributed by atoms with Crippen molar-refractivity contribution in [1.82, 2.24) is 24.1 Å². The summed E-state index contributed by atoms with van der Waals surface area (Å²) < 4.78 is 41.3. The van der Waals surface area contributed by atoms with E-state index >= 15 is 0 Å². The van der Waals surface area contributed by atoms with E-state index in [-0.39, 0.29) is 35.5 Å². The highest BCUT2D eigenvalue weighted by atomic mass is 32.2. The quantitative estimate of drug-likeness (QED) is 0.529. The Balaban J connectivity index is 1.55. The van der Waals surface area contributed by atoms with Crippen LogP contribution in [-0.4, -0.2) is 48.5 Å². The Morgan fingerprint density at radius 3 is 2.65 bits per heavy atom. The Hall–Kier alpha value is -3.18. The number of benzene rings is 1. The van der Waals surface area contributed by atoms with Crippen LogP contribution in [0.3, 0.4) is 0 Å². The summed E-state index contributed by atoms with van der Waals surface area (Å²) in [4.78, 5) is 16.9. The number of sulfonamides is 1. The minimum atomic E-state index is -3.89. The number of nitrogens with one attached hydrogen (secondary N) is 1. The van der Waals surface area contributed by atoms with Gasteiger partial charge in [-0.1, -0.05) is 0 Å². The maximum absolute atomic E-state index is 12.9. The average molecular weight is 446 g/mol. The zero-order valence-electron chi connectivity index (χ0n) is 17.2. The Morgan fingerprint density at radius 2 is 2.00 bits per heavy atom. The summed E-state index contributed by atoms with van der Waals surface area (Å²) in [5, 5.41) is 4.44. The van der Waals surface area contributed by atoms with Crippen molar-refractivity contribution in [3.05, 3.63) is 53.2 Å². The van der Waals surface area contributed by atoms with E-state index in [9.17, 15) is 13.2 Å². The maximum atomic E-state index is 12.9. The fourth-order valence-electron chi connectivity index (χ4n) is 3.28. The van der Waals surface area contributed by atoms with Gasteiger partial charge in [0.1, 0.15) is 16.4 Å². The molecular formula is C20H23N5O5S. The van der Waals surface area contributed by atoms with Crippen LogP contribution in [-0.2, 0) is 16.6 Å². The molecule has 3 aromatic rings. The standard InChI is InChI=1S/C20H23N5O5S/c1-29-16-7-8-17(30-2)18(12-16)31(27,28)22-10-11-24-20(26)25(15-5-6-15)19(23-24)14-4-3-9-21-13-14/h3-4,7-9,12-13,15,22H,5-6,10-11H2,1-2H3. The molecule has 0 bridgehead atoms. The van der Waals surface area contributed by atoms with Gasteiger partial charge in [-0.15, -0.1) is 5.10 Å². The smallest absolute Gasteiger partial charge is 0.346 e. The topological polar surface area (TPSA) is 117 Å². The molecule has 31 heavy (non-hydrogen) atoms. The lowest BCUT2D eigenvalue weighted by Crippen LogP contribution is -2.32. The molecule has 11 heteroatoms. The van der Waals surface area contributed by atoms with Gasteiger partial charge in [-0.25, -0.2) is 22.6 Å². The highest BCUT2D eigenvalue weighted by Crippen LogP contribution is 2.36. The monoisotopic (exact) mass is 445 g/mol. The highest BCUT2D eigenvalue weighted by molar-refractivity contribution is 7.89. The maximum Gasteiger partial charge on any atom is 0.346 e. The van der Waals surface area contributed by atoms with Gasteiger partial charge < -0.3 is 9.47 Å². The minimum absolute atomic E-state index is 0.0171. The fourth-order valence-corrected chi connectivity index (χ4v) is 4.48. The Labute approximate surface area is 179 Å². The molecule has 1 N–H and O–H groups in total. The second-order valence-corrected chi connectivity index (χ2v) is 8.82. The van der Waals surface area contributed by atoms with Crippen LogP contribution in [0.5, 0.6) is 11.5 Å². The van der Waals surface area contributed by atoms with Gasteiger partial charge in [0.15, 0.2) is 5.82 Å². The molecule has 2 heterocycles. The normalized spacial score (nSPS) is 13.9. The Morgan fingerprint density at radius 1 is 1.19 bits per heavy atom. The van der Waals surface area contributed by atoms with Crippen LogP contribution in [0.1, 0.15) is 18.9 Å². The zero-order chi connectivity index (χ0) is 22.0. The third-order valence-corrected chi connectivity index (χ3v) is 6.46. The minimum Gasteiger partial charge on any atom is -0.497 e. The van der Waals surface area contributed by atoms with Crippen molar-refractivity contribution in [3.63, 3.8) is 0 Å². The summed E-state index contributed by atoms with van der Waals surface area (Å²) in [6, 6.07) is 8.27. The van der Waals surface area contributed by atoms with E-state index in [0.717, 1.165) is 18.4 Å². The SMILES string of the molecule is COc1ccc(OC)c(S(=O)(=O)NCCn2nc(-c3cccnc3)n(C3CC3)c2=O)c1. The molecule has 164 valence electrons. The van der Waals surface area contributed by atoms with E-state index in [1.165, 1.54) is 31.0 Å². The Bertz CT molecular complexity index is 1230. The van der Waals surface area contributed by atoms with Gasteiger partial charge in [-0.05, 0) is 37.1 Å². The fraction of sp³-hybridized carbons (Fsp3) is 0.350. The van der Waals surface area contributed by atoms with Crippen molar-refractivity contribution in [2.45, 2.75) is 30.3 Å². The highest BCUT2D eigenvalue weighted by Gasteiger charge is 2.30. The number of rotatable bonds is 9. The van der Waals surface area contributed by atoms with Crippen molar-refractivity contribution >= 4 is 10.0 Å². The van der Waals surface area contributed by atoms with Crippen LogP contribution >= 0.6 is 0 Å². The molecular weight excluding hydrogens is 422 g/mol. The molecule has 0 aliphatic heterocycles. The summed E-state index contributed by atoms with van der Waals surface area (Å²) >= 11 is 0. The summed E-state index contributed by atoms with van der Waals surface area (Å²) in [6.45, 7) is 0.0636. The first kappa shape index (κ1) is 21.1. The van der Waals surface area contributed by atoms with E-state index < -0.39 is 10.0 Å². The van der Waals surface area contributed by atoms with Gasteiger partial charge in [0.2, 0.25) is 10.0 Å². The van der Waals surface area contributed by atoms with Crippen LogP contribution < -0.4 is 19.9 Å². The lowest BCUT2D eigenvalue weighted by atomic mass is 10.3. The van der Waals surface area contributed by atoms with E-state index in [4.69, 9.17) is 9.47 Å². The van der Waals surface area contributed by atoms with Crippen LogP contribution in [0, 0.1) is 0 Å². The number of hydrogen-bond donors (Lipinski definition) is 1. The van der Waals surface area contributed by atoms with Crippen molar-refractivity contribution < 1.29 is 17.9 Å². The average Bonchev–Trinajstić information content (AvgIpc) is 3.57. The predicted molar refractivity (Wildman–Crippen MR) is 113 cm³/mol. The largest absolute Gasteiger partial charge is 0.497 e. The van der Waals surface area contributed by atoms with Gasteiger partial charge in [-0.3, -0.25) is 9.55 Å². The van der Waals surface area contributed by atoms with Gasteiger partial charge in [-0.2, -0.15) is 0 Å². The van der Waals surface area contributed by atoms with Crippen molar-refractivity contribution in [1.29, 1.82) is 0 Å². The van der Waals surface area contributed by atoms with E-state index in [0.29, 0.717) is 11.6 Å². The van der Waals surface area contributed by atoms with Gasteiger partial charge in [0.05, 0.1) is 20.8 Å². The molecule has 1 saturated carbocycles.